The molecule has 7 aromatic rings. The van der Waals surface area contributed by atoms with E-state index in [1.807, 2.05) is 13.8 Å². The summed E-state index contributed by atoms with van der Waals surface area (Å²) in [7, 11) is 2.08. The van der Waals surface area contributed by atoms with E-state index in [1.54, 1.807) is 22.7 Å². The number of nitrogens with zero attached hydrogens (tertiary/aromatic N) is 1. The molecule has 168 valence electrons. The lowest BCUT2D eigenvalue weighted by molar-refractivity contribution is 1.01. The fourth-order valence-electron chi connectivity index (χ4n) is 5.05. The first-order chi connectivity index (χ1) is 16.4. The number of imidazole rings is 2. The maximum absolute atomic E-state index is 11.9. The van der Waals surface area contributed by atoms with Crippen molar-refractivity contribution in [1.82, 2.24) is 24.5 Å². The molecule has 7 rings (SSSR count). The van der Waals surface area contributed by atoms with Crippen molar-refractivity contribution < 1.29 is 0 Å². The summed E-state index contributed by atoms with van der Waals surface area (Å²) in [4.78, 5) is 39.8. The van der Waals surface area contributed by atoms with Crippen molar-refractivity contribution in [3.63, 3.8) is 0 Å². The summed E-state index contributed by atoms with van der Waals surface area (Å²) < 4.78 is 2.21. The minimum Gasteiger partial charge on any atom is -0.344 e. The molecule has 5 heterocycles. The molecule has 0 bridgehead atoms. The monoisotopic (exact) mass is 485 g/mol. The molecule has 0 radical (unpaired) electrons. The fourth-order valence-corrected chi connectivity index (χ4v) is 7.18. The summed E-state index contributed by atoms with van der Waals surface area (Å²) in [6.07, 6.45) is 0. The van der Waals surface area contributed by atoms with Crippen LogP contribution in [0, 0.1) is 13.8 Å². The Bertz CT molecular complexity index is 1910. The first-order valence-corrected chi connectivity index (χ1v) is 12.5. The van der Waals surface area contributed by atoms with Crippen molar-refractivity contribution >= 4 is 66.5 Å². The Kier molecular flexibility index (Phi) is 3.82. The Labute approximate surface area is 199 Å². The van der Waals surface area contributed by atoms with E-state index < -0.39 is 0 Å². The van der Waals surface area contributed by atoms with Crippen LogP contribution < -0.4 is 11.4 Å². The Morgan fingerprint density at radius 3 is 1.50 bits per heavy atom. The van der Waals surface area contributed by atoms with Gasteiger partial charge in [-0.2, -0.15) is 0 Å². The van der Waals surface area contributed by atoms with Crippen LogP contribution in [0.2, 0.25) is 0 Å². The molecule has 0 aliphatic rings. The molecule has 0 amide bonds. The van der Waals surface area contributed by atoms with Gasteiger partial charge in [0.25, 0.3) is 0 Å². The van der Waals surface area contributed by atoms with Crippen molar-refractivity contribution in [2.75, 3.05) is 0 Å². The van der Waals surface area contributed by atoms with Gasteiger partial charge in [0.2, 0.25) is 0 Å². The van der Waals surface area contributed by atoms with Crippen molar-refractivity contribution in [2.24, 2.45) is 7.05 Å². The molecule has 0 atom stereocenters. The predicted molar refractivity (Wildman–Crippen MR) is 141 cm³/mol. The van der Waals surface area contributed by atoms with Gasteiger partial charge in [0.15, 0.2) is 0 Å². The summed E-state index contributed by atoms with van der Waals surface area (Å²) in [5.74, 6) is 0. The number of aryl methyl sites for hydroxylation is 3. The topological polar surface area (TPSA) is 102 Å². The molecule has 2 aromatic carbocycles. The van der Waals surface area contributed by atoms with E-state index in [2.05, 4.69) is 67.9 Å². The van der Waals surface area contributed by atoms with Gasteiger partial charge in [0, 0.05) is 38.6 Å². The van der Waals surface area contributed by atoms with Gasteiger partial charge in [0.05, 0.1) is 31.8 Å². The van der Waals surface area contributed by atoms with Gasteiger partial charge in [-0.3, -0.25) is 0 Å². The molecular formula is C25H19N5O2S2. The number of hydrogen-bond donors (Lipinski definition) is 4. The second-order valence-electron chi connectivity index (χ2n) is 8.66. The molecule has 0 aliphatic carbocycles. The number of benzene rings is 2. The highest BCUT2D eigenvalue weighted by atomic mass is 32.1. The predicted octanol–water partition coefficient (Wildman–Crippen LogP) is 5.74. The van der Waals surface area contributed by atoms with Crippen LogP contribution in [0.4, 0.5) is 0 Å². The third kappa shape index (κ3) is 2.56. The average Bonchev–Trinajstić information content (AvgIpc) is 3.59. The molecule has 5 aromatic heterocycles. The standard InChI is InChI=1S/C25H19N5O2S2/c1-10-18-20(28-24(31)26-18)22(33-10)12-4-6-16-14(8-12)15-9-13(5-7-17(15)30(16)3)23-21-19(11(2)34-23)27-25(32)29-21/h4-9H,1-3H3,(H2,26,28,31)(H2,27,29,32). The van der Waals surface area contributed by atoms with E-state index in [9.17, 15) is 9.59 Å². The van der Waals surface area contributed by atoms with Gasteiger partial charge in [0.1, 0.15) is 0 Å². The van der Waals surface area contributed by atoms with E-state index in [0.717, 1.165) is 74.5 Å². The minimum atomic E-state index is -0.182. The summed E-state index contributed by atoms with van der Waals surface area (Å²) in [5, 5.41) is 2.31. The molecule has 7 nitrogen and oxygen atoms in total. The molecule has 0 aliphatic heterocycles. The Balaban J connectivity index is 1.49. The lowest BCUT2D eigenvalue weighted by Crippen LogP contribution is -2.00. The third-order valence-corrected chi connectivity index (χ3v) is 8.96. The van der Waals surface area contributed by atoms with Crippen molar-refractivity contribution in [3.05, 3.63) is 67.1 Å². The van der Waals surface area contributed by atoms with Gasteiger partial charge in [-0.15, -0.1) is 22.7 Å². The number of aromatic amines is 4. The van der Waals surface area contributed by atoms with E-state index in [-0.39, 0.29) is 11.4 Å². The van der Waals surface area contributed by atoms with Gasteiger partial charge in [-0.1, -0.05) is 12.1 Å². The lowest BCUT2D eigenvalue weighted by atomic mass is 10.1. The molecule has 4 N–H and O–H groups in total. The maximum atomic E-state index is 11.9. The number of fused-ring (bicyclic) bond motifs is 5. The van der Waals surface area contributed by atoms with Crippen LogP contribution >= 0.6 is 22.7 Å². The largest absolute Gasteiger partial charge is 0.344 e. The maximum Gasteiger partial charge on any atom is 0.323 e. The van der Waals surface area contributed by atoms with E-state index in [4.69, 9.17) is 0 Å². The van der Waals surface area contributed by atoms with Gasteiger partial charge in [-0.05, 0) is 49.2 Å². The van der Waals surface area contributed by atoms with Crippen molar-refractivity contribution in [3.8, 4) is 20.9 Å². The van der Waals surface area contributed by atoms with E-state index >= 15 is 0 Å². The number of aromatic nitrogens is 5. The smallest absolute Gasteiger partial charge is 0.323 e. The number of nitrogens with one attached hydrogen (secondary N) is 4. The molecule has 9 heteroatoms. The van der Waals surface area contributed by atoms with Gasteiger partial charge < -0.3 is 24.5 Å². The van der Waals surface area contributed by atoms with E-state index in [1.165, 1.54) is 0 Å². The molecule has 34 heavy (non-hydrogen) atoms. The number of hydrogen-bond acceptors (Lipinski definition) is 4. The Hall–Kier alpha value is -3.82. The third-order valence-electron chi connectivity index (χ3n) is 6.65. The van der Waals surface area contributed by atoms with Crippen LogP contribution in [0.3, 0.4) is 0 Å². The summed E-state index contributed by atoms with van der Waals surface area (Å²) >= 11 is 3.36. The zero-order chi connectivity index (χ0) is 23.3. The molecule has 0 saturated carbocycles. The lowest BCUT2D eigenvalue weighted by Gasteiger charge is -2.01. The second kappa shape index (κ2) is 6.62. The summed E-state index contributed by atoms with van der Waals surface area (Å²) in [6, 6.07) is 13.0. The van der Waals surface area contributed by atoms with Crippen molar-refractivity contribution in [1.29, 1.82) is 0 Å². The highest BCUT2D eigenvalue weighted by molar-refractivity contribution is 7.17. The van der Waals surface area contributed by atoms with Crippen LogP contribution in [-0.4, -0.2) is 24.5 Å². The quantitative estimate of drug-likeness (QED) is 0.251. The number of rotatable bonds is 2. The zero-order valence-corrected chi connectivity index (χ0v) is 20.2. The van der Waals surface area contributed by atoms with Crippen LogP contribution in [0.1, 0.15) is 9.75 Å². The Morgan fingerprint density at radius 1 is 0.647 bits per heavy atom. The molecule has 0 fully saturated rings. The first-order valence-electron chi connectivity index (χ1n) is 10.8. The minimum absolute atomic E-state index is 0.182. The molecule has 0 unspecified atom stereocenters. The van der Waals surface area contributed by atoms with Crippen LogP contribution in [0.15, 0.2) is 46.0 Å². The molecular weight excluding hydrogens is 466 g/mol. The Morgan fingerprint density at radius 2 is 1.06 bits per heavy atom. The van der Waals surface area contributed by atoms with Crippen molar-refractivity contribution in [2.45, 2.75) is 13.8 Å². The van der Waals surface area contributed by atoms with E-state index in [0.29, 0.717) is 0 Å². The SMILES string of the molecule is Cc1sc(-c2ccc3c(c2)c2cc(-c4sc(C)c5[nH]c(=O)[nH]c45)ccc2n3C)c2[nH]c(=O)[nH]c12. The number of H-pyrrole nitrogens is 4. The molecule has 0 saturated heterocycles. The second-order valence-corrected chi connectivity index (χ2v) is 11.1. The van der Waals surface area contributed by atoms with Crippen LogP contribution in [-0.2, 0) is 7.05 Å². The van der Waals surface area contributed by atoms with Crippen LogP contribution in [0.5, 0.6) is 0 Å². The molecule has 0 spiro atoms. The highest BCUT2D eigenvalue weighted by Gasteiger charge is 2.18. The highest BCUT2D eigenvalue weighted by Crippen LogP contribution is 2.41. The zero-order valence-electron chi connectivity index (χ0n) is 18.5. The fraction of sp³-hybridized carbons (Fsp3) is 0.120. The van der Waals surface area contributed by atoms with Crippen LogP contribution in [0.25, 0.3) is 64.8 Å². The summed E-state index contributed by atoms with van der Waals surface area (Å²) in [6.45, 7) is 4.05. The normalized spacial score (nSPS) is 12.2. The van der Waals surface area contributed by atoms with Gasteiger partial charge in [-0.25, -0.2) is 9.59 Å². The van der Waals surface area contributed by atoms with Gasteiger partial charge >= 0.3 is 11.4 Å². The first kappa shape index (κ1) is 19.6. The average molecular weight is 486 g/mol. The summed E-state index contributed by atoms with van der Waals surface area (Å²) in [5.41, 5.74) is 7.56. The number of thiophene rings is 2.